The lowest BCUT2D eigenvalue weighted by molar-refractivity contribution is 0.105. The summed E-state index contributed by atoms with van der Waals surface area (Å²) in [7, 11) is 0. The number of fused-ring (bicyclic) bond motifs is 6. The molecule has 0 amide bonds. The van der Waals surface area contributed by atoms with Gasteiger partial charge in [0.1, 0.15) is 11.5 Å². The summed E-state index contributed by atoms with van der Waals surface area (Å²) in [6, 6.07) is 14.4. The molecule has 1 aromatic heterocycles. The molecule has 0 bridgehead atoms. The molecule has 0 saturated heterocycles. The molecule has 1 aliphatic heterocycles. The lowest BCUT2D eigenvalue weighted by atomic mass is 9.89. The van der Waals surface area contributed by atoms with Crippen LogP contribution in [0.4, 0.5) is 4.79 Å². The maximum Gasteiger partial charge on any atom is 0.514 e. The van der Waals surface area contributed by atoms with Crippen LogP contribution in [0, 0.1) is 0 Å². The molecule has 0 radical (unpaired) electrons. The molecule has 0 saturated carbocycles. The largest absolute Gasteiger partial charge is 0.514 e. The molecule has 0 N–H and O–H groups in total. The monoisotopic (exact) mass is 392 g/mol. The van der Waals surface area contributed by atoms with Crippen molar-refractivity contribution in [1.29, 1.82) is 0 Å². The van der Waals surface area contributed by atoms with Gasteiger partial charge in [-0.2, -0.15) is 0 Å². The van der Waals surface area contributed by atoms with Crippen LogP contribution in [0.1, 0.15) is 30.9 Å². The predicted molar refractivity (Wildman–Crippen MR) is 110 cm³/mol. The van der Waals surface area contributed by atoms with Crippen LogP contribution in [0.2, 0.25) is 0 Å². The highest BCUT2D eigenvalue weighted by atomic mass is 32.1. The molecule has 0 fully saturated rings. The van der Waals surface area contributed by atoms with E-state index in [0.29, 0.717) is 5.06 Å². The Morgan fingerprint density at radius 1 is 1.00 bits per heavy atom. The smallest absolute Gasteiger partial charge is 0.456 e. The number of thiophene rings is 1. The lowest BCUT2D eigenvalue weighted by Crippen LogP contribution is -2.08. The summed E-state index contributed by atoms with van der Waals surface area (Å²) in [6.45, 7) is 2.05. The molecule has 0 atom stereocenters. The first-order valence-electron chi connectivity index (χ1n) is 9.65. The first-order chi connectivity index (χ1) is 13.7. The lowest BCUT2D eigenvalue weighted by Gasteiger charge is -2.19. The van der Waals surface area contributed by atoms with Gasteiger partial charge in [-0.05, 0) is 61.9 Å². The molecule has 2 aliphatic rings. The molecular weight excluding hydrogens is 372 g/mol. The van der Waals surface area contributed by atoms with Crippen molar-refractivity contribution in [3.05, 3.63) is 53.6 Å². The zero-order valence-electron chi connectivity index (χ0n) is 15.6. The van der Waals surface area contributed by atoms with Crippen LogP contribution >= 0.6 is 11.3 Å². The van der Waals surface area contributed by atoms with Crippen LogP contribution in [0.3, 0.4) is 0 Å². The van der Waals surface area contributed by atoms with Gasteiger partial charge in [-0.25, -0.2) is 4.79 Å². The van der Waals surface area contributed by atoms with Crippen molar-refractivity contribution < 1.29 is 19.0 Å². The quantitative estimate of drug-likeness (QED) is 0.360. The summed E-state index contributed by atoms with van der Waals surface area (Å²) in [5.41, 5.74) is 5.86. The van der Waals surface area contributed by atoms with E-state index in [0.717, 1.165) is 45.9 Å². The Hall–Kier alpha value is -2.79. The fourth-order valence-corrected chi connectivity index (χ4v) is 5.01. The highest BCUT2D eigenvalue weighted by molar-refractivity contribution is 7.18. The van der Waals surface area contributed by atoms with E-state index in [2.05, 4.69) is 12.1 Å². The Balaban J connectivity index is 1.68. The number of carbonyl (C=O) groups excluding carboxylic acids is 1. The summed E-state index contributed by atoms with van der Waals surface area (Å²) < 4.78 is 16.7. The van der Waals surface area contributed by atoms with Gasteiger partial charge in [0.05, 0.1) is 6.61 Å². The number of hydrogen-bond donors (Lipinski definition) is 0. The molecule has 0 unspecified atom stereocenters. The van der Waals surface area contributed by atoms with Crippen molar-refractivity contribution >= 4 is 17.5 Å². The predicted octanol–water partition coefficient (Wildman–Crippen LogP) is 6.60. The number of benzene rings is 2. The second-order valence-corrected chi connectivity index (χ2v) is 8.03. The van der Waals surface area contributed by atoms with E-state index in [-0.39, 0.29) is 6.61 Å². The summed E-state index contributed by atoms with van der Waals surface area (Å²) in [4.78, 5) is 12.9. The Morgan fingerprint density at radius 2 is 1.79 bits per heavy atom. The van der Waals surface area contributed by atoms with Crippen molar-refractivity contribution in [2.45, 2.75) is 32.6 Å². The molecular formula is C23H20O4S. The first-order valence-corrected chi connectivity index (χ1v) is 10.5. The number of carbonyl (C=O) groups is 1. The number of ether oxygens (including phenoxy) is 3. The van der Waals surface area contributed by atoms with Crippen molar-refractivity contribution in [3.8, 4) is 38.1 Å². The maximum atomic E-state index is 11.8. The molecule has 142 valence electrons. The molecule has 2 heterocycles. The van der Waals surface area contributed by atoms with Gasteiger partial charge in [-0.1, -0.05) is 29.5 Å². The van der Waals surface area contributed by atoms with E-state index >= 15 is 0 Å². The normalized spacial score (nSPS) is 13.9. The van der Waals surface area contributed by atoms with Gasteiger partial charge in [0.15, 0.2) is 5.06 Å². The standard InChI is InChI=1S/C23H20O4S/c1-2-25-23(24)27-21-13-17-16-9-5-6-10-19(16)26-20-12-15-8-4-3-7-14(15)11-18(20)22(17)28-21/h5-6,9-13H,2-4,7-8H2,1H3. The zero-order chi connectivity index (χ0) is 19.1. The van der Waals surface area contributed by atoms with Gasteiger partial charge in [-0.3, -0.25) is 0 Å². The Morgan fingerprint density at radius 3 is 2.61 bits per heavy atom. The van der Waals surface area contributed by atoms with Gasteiger partial charge in [0.2, 0.25) is 0 Å². The fourth-order valence-electron chi connectivity index (χ4n) is 3.97. The minimum atomic E-state index is -0.672. The second-order valence-electron chi connectivity index (χ2n) is 7.02. The highest BCUT2D eigenvalue weighted by Crippen LogP contribution is 2.52. The average Bonchev–Trinajstić information content (AvgIpc) is 3.06. The molecule has 1 aliphatic carbocycles. The molecule has 2 aromatic carbocycles. The molecule has 5 heteroatoms. The fraction of sp³-hybridized carbons (Fsp3) is 0.261. The van der Waals surface area contributed by atoms with Crippen molar-refractivity contribution in [2.75, 3.05) is 6.61 Å². The SMILES string of the molecule is CCOC(=O)Oc1cc2c(s1)-c1cc3c(cc1Oc1ccccc1-2)CCCC3. The van der Waals surface area contributed by atoms with E-state index in [1.54, 1.807) is 6.92 Å². The minimum Gasteiger partial charge on any atom is -0.456 e. The summed E-state index contributed by atoms with van der Waals surface area (Å²) in [5, 5.41) is 0.531. The van der Waals surface area contributed by atoms with Gasteiger partial charge in [0.25, 0.3) is 0 Å². The Bertz CT molecular complexity index is 1070. The molecule has 28 heavy (non-hydrogen) atoms. The second kappa shape index (κ2) is 6.99. The van der Waals surface area contributed by atoms with Gasteiger partial charge < -0.3 is 14.2 Å². The van der Waals surface area contributed by atoms with Crippen molar-refractivity contribution in [2.24, 2.45) is 0 Å². The van der Waals surface area contributed by atoms with Crippen LogP contribution in [-0.4, -0.2) is 12.8 Å². The van der Waals surface area contributed by atoms with E-state index in [1.165, 1.54) is 35.3 Å². The van der Waals surface area contributed by atoms with Crippen LogP contribution in [-0.2, 0) is 17.6 Å². The number of rotatable bonds is 2. The van der Waals surface area contributed by atoms with Crippen molar-refractivity contribution in [3.63, 3.8) is 0 Å². The molecule has 4 nitrogen and oxygen atoms in total. The van der Waals surface area contributed by atoms with Crippen LogP contribution in [0.15, 0.2) is 42.5 Å². The maximum absolute atomic E-state index is 11.8. The van der Waals surface area contributed by atoms with Crippen LogP contribution < -0.4 is 9.47 Å². The molecule has 5 rings (SSSR count). The average molecular weight is 392 g/mol. The van der Waals surface area contributed by atoms with Crippen molar-refractivity contribution in [1.82, 2.24) is 0 Å². The zero-order valence-corrected chi connectivity index (χ0v) is 16.4. The van der Waals surface area contributed by atoms with E-state index in [9.17, 15) is 4.79 Å². The third kappa shape index (κ3) is 2.96. The first kappa shape index (κ1) is 17.3. The third-order valence-corrected chi connectivity index (χ3v) is 6.29. The van der Waals surface area contributed by atoms with Crippen LogP contribution in [0.25, 0.3) is 21.6 Å². The van der Waals surface area contributed by atoms with Gasteiger partial charge in [0, 0.05) is 27.6 Å². The van der Waals surface area contributed by atoms with E-state index in [4.69, 9.17) is 14.2 Å². The van der Waals surface area contributed by atoms with E-state index in [1.807, 2.05) is 30.3 Å². The number of aryl methyl sites for hydroxylation is 2. The summed E-state index contributed by atoms with van der Waals surface area (Å²) in [6.07, 6.45) is 3.98. The number of hydrogen-bond acceptors (Lipinski definition) is 5. The third-order valence-electron chi connectivity index (χ3n) is 5.24. The number of para-hydroxylation sites is 1. The minimum absolute atomic E-state index is 0.287. The Kier molecular flexibility index (Phi) is 4.32. The van der Waals surface area contributed by atoms with Gasteiger partial charge in [-0.15, -0.1) is 0 Å². The topological polar surface area (TPSA) is 44.8 Å². The Labute approximate surface area is 167 Å². The van der Waals surface area contributed by atoms with Crippen LogP contribution in [0.5, 0.6) is 16.6 Å². The molecule has 3 aromatic rings. The summed E-state index contributed by atoms with van der Waals surface area (Å²) >= 11 is 1.46. The van der Waals surface area contributed by atoms with E-state index < -0.39 is 6.16 Å². The summed E-state index contributed by atoms with van der Waals surface area (Å²) in [5.74, 6) is 1.69. The molecule has 0 spiro atoms. The van der Waals surface area contributed by atoms with Gasteiger partial charge >= 0.3 is 6.16 Å². The highest BCUT2D eigenvalue weighted by Gasteiger charge is 2.26.